The molecule has 0 amide bonds. The minimum atomic E-state index is -4.35. The minimum Gasteiger partial charge on any atom is -0.337 e. The number of nitrogens with one attached hydrogen (secondary N) is 2. The van der Waals surface area contributed by atoms with Crippen LogP contribution in [0.3, 0.4) is 0 Å². The van der Waals surface area contributed by atoms with Crippen molar-refractivity contribution in [1.29, 1.82) is 0 Å². The Hall–Kier alpha value is -1.93. The summed E-state index contributed by atoms with van der Waals surface area (Å²) in [5.41, 5.74) is 5.84. The lowest BCUT2D eigenvalue weighted by Gasteiger charge is -2.05. The molecule has 1 aliphatic heterocycles. The van der Waals surface area contributed by atoms with Crippen LogP contribution in [0.15, 0.2) is 28.8 Å². The Morgan fingerprint density at radius 1 is 1.19 bits per heavy atom. The van der Waals surface area contributed by atoms with Crippen molar-refractivity contribution in [2.24, 2.45) is 0 Å². The summed E-state index contributed by atoms with van der Waals surface area (Å²) in [6.07, 6.45) is -3.55. The molecule has 0 saturated carbocycles. The van der Waals surface area contributed by atoms with Gasteiger partial charge in [0.25, 0.3) is 0 Å². The van der Waals surface area contributed by atoms with Crippen molar-refractivity contribution < 1.29 is 17.7 Å². The van der Waals surface area contributed by atoms with E-state index in [4.69, 9.17) is 4.52 Å². The molecule has 1 aliphatic rings. The van der Waals surface area contributed by atoms with Crippen molar-refractivity contribution in [3.05, 3.63) is 35.7 Å². The Morgan fingerprint density at radius 2 is 1.90 bits per heavy atom. The monoisotopic (exact) mass is 298 g/mol. The van der Waals surface area contributed by atoms with E-state index < -0.39 is 11.7 Å². The van der Waals surface area contributed by atoms with Gasteiger partial charge in [-0.25, -0.2) is 5.43 Å². The molecule has 112 valence electrons. The molecule has 1 aromatic carbocycles. The van der Waals surface area contributed by atoms with Crippen LogP contribution in [-0.2, 0) is 6.18 Å². The molecule has 2 N–H and O–H groups in total. The van der Waals surface area contributed by atoms with Crippen molar-refractivity contribution in [1.82, 2.24) is 21.0 Å². The zero-order valence-corrected chi connectivity index (χ0v) is 11.1. The third-order valence-electron chi connectivity index (χ3n) is 3.30. The van der Waals surface area contributed by atoms with Crippen molar-refractivity contribution in [2.75, 3.05) is 0 Å². The van der Waals surface area contributed by atoms with Crippen molar-refractivity contribution in [3.63, 3.8) is 0 Å². The summed E-state index contributed by atoms with van der Waals surface area (Å²) in [7, 11) is 0. The molecule has 2 heterocycles. The van der Waals surface area contributed by atoms with Crippen LogP contribution in [0.2, 0.25) is 0 Å². The maximum absolute atomic E-state index is 12.5. The molecule has 0 radical (unpaired) electrons. The van der Waals surface area contributed by atoms with Crippen molar-refractivity contribution in [3.8, 4) is 11.4 Å². The summed E-state index contributed by atoms with van der Waals surface area (Å²) in [6, 6.07) is 4.87. The number of hydrogen-bond acceptors (Lipinski definition) is 5. The Bertz CT molecular complexity index is 623. The Kier molecular flexibility index (Phi) is 3.42. The first kappa shape index (κ1) is 14.0. The number of benzene rings is 1. The number of alkyl halides is 3. The van der Waals surface area contributed by atoms with Gasteiger partial charge in [0.1, 0.15) is 6.04 Å². The number of hydrazine groups is 1. The van der Waals surface area contributed by atoms with E-state index in [0.717, 1.165) is 18.6 Å². The summed E-state index contributed by atoms with van der Waals surface area (Å²) in [6.45, 7) is 2.01. The summed E-state index contributed by atoms with van der Waals surface area (Å²) in [5.74, 6) is 0.696. The van der Waals surface area contributed by atoms with E-state index in [1.807, 2.05) is 6.92 Å². The van der Waals surface area contributed by atoms with Gasteiger partial charge < -0.3 is 4.52 Å². The Morgan fingerprint density at radius 3 is 2.48 bits per heavy atom. The fraction of sp³-hybridized carbons (Fsp3) is 0.385. The summed E-state index contributed by atoms with van der Waals surface area (Å²) >= 11 is 0. The molecule has 1 fully saturated rings. The van der Waals surface area contributed by atoms with E-state index >= 15 is 0 Å². The second-order valence-electron chi connectivity index (χ2n) is 5.01. The molecular weight excluding hydrogens is 285 g/mol. The number of nitrogens with zero attached hydrogens (tertiary/aromatic N) is 2. The van der Waals surface area contributed by atoms with Gasteiger partial charge in [-0.3, -0.25) is 5.43 Å². The number of rotatable bonds is 2. The lowest BCUT2D eigenvalue weighted by atomic mass is 10.1. The second kappa shape index (κ2) is 5.12. The highest BCUT2D eigenvalue weighted by Crippen LogP contribution is 2.30. The molecule has 8 heteroatoms. The van der Waals surface area contributed by atoms with Crippen LogP contribution < -0.4 is 10.9 Å². The third kappa shape index (κ3) is 2.91. The Labute approximate surface area is 118 Å². The van der Waals surface area contributed by atoms with E-state index in [0.29, 0.717) is 11.5 Å². The molecule has 0 aliphatic carbocycles. The van der Waals surface area contributed by atoms with E-state index in [-0.39, 0.29) is 17.9 Å². The lowest BCUT2D eigenvalue weighted by molar-refractivity contribution is -0.137. The molecular formula is C13H13F3N4O. The zero-order chi connectivity index (χ0) is 15.0. The number of aromatic nitrogens is 2. The molecule has 2 atom stereocenters. The topological polar surface area (TPSA) is 63.0 Å². The van der Waals surface area contributed by atoms with Crippen molar-refractivity contribution in [2.45, 2.75) is 31.6 Å². The van der Waals surface area contributed by atoms with Gasteiger partial charge in [-0.1, -0.05) is 17.3 Å². The van der Waals surface area contributed by atoms with Gasteiger partial charge in [-0.2, -0.15) is 18.2 Å². The van der Waals surface area contributed by atoms with Gasteiger partial charge >= 0.3 is 6.18 Å². The van der Waals surface area contributed by atoms with Crippen LogP contribution in [0.25, 0.3) is 11.4 Å². The smallest absolute Gasteiger partial charge is 0.337 e. The first-order chi connectivity index (χ1) is 9.93. The van der Waals surface area contributed by atoms with Crippen LogP contribution in [-0.4, -0.2) is 16.2 Å². The quantitative estimate of drug-likeness (QED) is 0.892. The predicted octanol–water partition coefficient (Wildman–Crippen LogP) is 2.68. The normalized spacial score (nSPS) is 22.7. The van der Waals surface area contributed by atoms with E-state index in [1.165, 1.54) is 12.1 Å². The fourth-order valence-corrected chi connectivity index (χ4v) is 2.18. The van der Waals surface area contributed by atoms with Gasteiger partial charge in [-0.15, -0.1) is 0 Å². The summed E-state index contributed by atoms with van der Waals surface area (Å²) < 4.78 is 42.7. The van der Waals surface area contributed by atoms with Crippen LogP contribution >= 0.6 is 0 Å². The van der Waals surface area contributed by atoms with Crippen LogP contribution in [0.4, 0.5) is 13.2 Å². The van der Waals surface area contributed by atoms with Gasteiger partial charge in [0.15, 0.2) is 0 Å². The average Bonchev–Trinajstić information content (AvgIpc) is 3.06. The number of hydrogen-bond donors (Lipinski definition) is 2. The molecule has 1 saturated heterocycles. The highest BCUT2D eigenvalue weighted by molar-refractivity contribution is 5.54. The molecule has 2 aromatic rings. The highest BCUT2D eigenvalue weighted by Gasteiger charge is 2.30. The van der Waals surface area contributed by atoms with E-state index in [2.05, 4.69) is 21.0 Å². The maximum Gasteiger partial charge on any atom is 0.416 e. The first-order valence-corrected chi connectivity index (χ1v) is 6.46. The molecule has 3 rings (SSSR count). The molecule has 2 unspecified atom stereocenters. The second-order valence-corrected chi connectivity index (χ2v) is 5.01. The van der Waals surface area contributed by atoms with Gasteiger partial charge in [0.05, 0.1) is 5.56 Å². The minimum absolute atomic E-state index is 0.0873. The van der Waals surface area contributed by atoms with Crippen LogP contribution in [0.1, 0.15) is 30.8 Å². The Balaban J connectivity index is 1.80. The zero-order valence-electron chi connectivity index (χ0n) is 11.1. The molecule has 1 aromatic heterocycles. The average molecular weight is 298 g/mol. The maximum atomic E-state index is 12.5. The standard InChI is InChI=1S/C13H13F3N4O/c1-7-6-10(19-18-7)12-17-11(20-21-12)8-2-4-9(5-3-8)13(14,15)16/h2-5,7,10,18-19H,6H2,1H3. The van der Waals surface area contributed by atoms with Crippen LogP contribution in [0.5, 0.6) is 0 Å². The third-order valence-corrected chi connectivity index (χ3v) is 3.30. The summed E-state index contributed by atoms with van der Waals surface area (Å²) in [4.78, 5) is 4.23. The van der Waals surface area contributed by atoms with Gasteiger partial charge in [-0.05, 0) is 25.5 Å². The molecule has 5 nitrogen and oxygen atoms in total. The summed E-state index contributed by atoms with van der Waals surface area (Å²) in [5, 5.41) is 3.81. The predicted molar refractivity (Wildman–Crippen MR) is 67.8 cm³/mol. The van der Waals surface area contributed by atoms with Crippen molar-refractivity contribution >= 4 is 0 Å². The molecule has 0 bridgehead atoms. The van der Waals surface area contributed by atoms with E-state index in [9.17, 15) is 13.2 Å². The largest absolute Gasteiger partial charge is 0.416 e. The van der Waals surface area contributed by atoms with E-state index in [1.54, 1.807) is 0 Å². The van der Waals surface area contributed by atoms with Gasteiger partial charge in [0.2, 0.25) is 11.7 Å². The molecule has 21 heavy (non-hydrogen) atoms. The lowest BCUT2D eigenvalue weighted by Crippen LogP contribution is -2.28. The SMILES string of the molecule is CC1CC(c2nc(-c3ccc(C(F)(F)F)cc3)no2)NN1. The number of halogens is 3. The molecule has 0 spiro atoms. The first-order valence-electron chi connectivity index (χ1n) is 6.46. The van der Waals surface area contributed by atoms with Gasteiger partial charge in [0, 0.05) is 11.6 Å². The highest BCUT2D eigenvalue weighted by atomic mass is 19.4. The van der Waals surface area contributed by atoms with Crippen LogP contribution in [0, 0.1) is 0 Å². The fourth-order valence-electron chi connectivity index (χ4n) is 2.18.